The molecule has 0 spiro atoms. The van der Waals surface area contributed by atoms with Gasteiger partial charge in [-0.3, -0.25) is 0 Å². The van der Waals surface area contributed by atoms with Crippen molar-refractivity contribution < 1.29 is 18.3 Å². The summed E-state index contributed by atoms with van der Waals surface area (Å²) in [6.45, 7) is 49.5. The Morgan fingerprint density at radius 3 is 0.845 bits per heavy atom. The van der Waals surface area contributed by atoms with Crippen LogP contribution in [0.4, 0.5) is 0 Å². The maximum atomic E-state index is 2.36. The highest BCUT2D eigenvalue weighted by molar-refractivity contribution is 5.65. The minimum Gasteiger partial charge on any atom is -0.201 e. The molecule has 0 bridgehead atoms. The monoisotopic (exact) mass is 1130 g/mol. The molecule has 0 saturated heterocycles. The first-order valence-corrected chi connectivity index (χ1v) is 31.8. The van der Waals surface area contributed by atoms with Crippen LogP contribution >= 0.6 is 0 Å². The van der Waals surface area contributed by atoms with E-state index in [2.05, 4.69) is 345 Å². The van der Waals surface area contributed by atoms with Crippen molar-refractivity contribution >= 4 is 0 Å². The molecule has 4 heteroatoms. The van der Waals surface area contributed by atoms with Crippen molar-refractivity contribution in [2.75, 3.05) is 0 Å². The van der Waals surface area contributed by atoms with Crippen LogP contribution in [-0.2, 0) is 33.6 Å². The van der Waals surface area contributed by atoms with Gasteiger partial charge in [0.1, 0.15) is 28.2 Å². The largest absolute Gasteiger partial charge is 0.212 e. The summed E-state index contributed by atoms with van der Waals surface area (Å²) in [5, 5.41) is 0. The van der Waals surface area contributed by atoms with Crippen LogP contribution in [0, 0.1) is 33.6 Å². The fourth-order valence-electron chi connectivity index (χ4n) is 10.9. The Morgan fingerprint density at radius 2 is 0.583 bits per heavy atom. The van der Waals surface area contributed by atoms with Crippen LogP contribution in [0.1, 0.15) is 239 Å². The van der Waals surface area contributed by atoms with E-state index < -0.39 is 0 Å². The Balaban J connectivity index is 0.000000205. The Kier molecular flexibility index (Phi) is 24.4. The zero-order valence-corrected chi connectivity index (χ0v) is 57.5. The highest BCUT2D eigenvalue weighted by atomic mass is 14.9. The van der Waals surface area contributed by atoms with Crippen molar-refractivity contribution in [2.24, 2.45) is 34.1 Å². The minimum absolute atomic E-state index is 0.201. The average molecular weight is 1130 g/mol. The Labute approximate surface area is 513 Å². The lowest BCUT2D eigenvalue weighted by atomic mass is 9.85. The quantitative estimate of drug-likeness (QED) is 0.102. The maximum absolute atomic E-state index is 2.36. The molecular formula is C80H112N4+4. The van der Waals surface area contributed by atoms with Gasteiger partial charge in [-0.2, -0.15) is 0 Å². The summed E-state index contributed by atoms with van der Waals surface area (Å²) < 4.78 is 8.99. The van der Waals surface area contributed by atoms with Crippen LogP contribution in [0.15, 0.2) is 146 Å². The van der Waals surface area contributed by atoms with E-state index in [1.165, 1.54) is 118 Å². The van der Waals surface area contributed by atoms with Gasteiger partial charge in [0.15, 0.2) is 24.8 Å². The molecule has 0 aliphatic heterocycles. The number of hydrogen-bond donors (Lipinski definition) is 0. The fraction of sp³-hybridized carbons (Fsp3) is 0.450. The summed E-state index contributed by atoms with van der Waals surface area (Å²) >= 11 is 0. The Hall–Kier alpha value is -6.52. The molecule has 4 aromatic heterocycles. The number of hydrogen-bond acceptors (Lipinski definition) is 0. The summed E-state index contributed by atoms with van der Waals surface area (Å²) in [5.41, 5.74) is 27.3. The van der Waals surface area contributed by atoms with E-state index in [0.717, 1.165) is 0 Å². The van der Waals surface area contributed by atoms with E-state index in [4.69, 9.17) is 0 Å². The van der Waals surface area contributed by atoms with E-state index in [1.54, 1.807) is 0 Å². The van der Waals surface area contributed by atoms with E-state index >= 15 is 0 Å². The first-order valence-electron chi connectivity index (χ1n) is 31.8. The second-order valence-electron chi connectivity index (χ2n) is 27.5. The molecule has 0 amide bonds. The third kappa shape index (κ3) is 17.8. The zero-order valence-electron chi connectivity index (χ0n) is 57.5. The van der Waals surface area contributed by atoms with E-state index in [0.29, 0.717) is 47.3 Å². The van der Waals surface area contributed by atoms with Gasteiger partial charge in [-0.25, -0.2) is 18.3 Å². The van der Waals surface area contributed by atoms with Crippen molar-refractivity contribution in [1.29, 1.82) is 0 Å². The standard InChI is InChI=1S/C21H30N.2C20H28N.C19H26N/c1-14(2)17(6)18-8-10-20(16(5)12-18)21-11-9-19(15(3)4)13-22(21)7;1-14(2)16-8-11-19(21(7)13-16)18-10-9-17(12-15(18)3)20(4,5)6;1-7-15(4)17-8-10-19(16(5)12-17)20-11-9-18(14(2)3)13-21(20)6;1-13(2)16-7-9-18(15(5)11-16)19-10-8-17(14(3)4)12-20(19)6/h8-15,17H,1-7H3;8-14H,1-7H3;8-15H,7H2,1-6H3;7-14H,1-6H3/q4*+1. The molecule has 0 N–H and O–H groups in total. The van der Waals surface area contributed by atoms with Crippen LogP contribution in [0.5, 0.6) is 0 Å². The van der Waals surface area contributed by atoms with E-state index in [-0.39, 0.29) is 5.41 Å². The van der Waals surface area contributed by atoms with Gasteiger partial charge < -0.3 is 0 Å². The highest BCUT2D eigenvalue weighted by Crippen LogP contribution is 2.32. The molecule has 0 saturated carbocycles. The smallest absolute Gasteiger partial charge is 0.201 e. The van der Waals surface area contributed by atoms with Gasteiger partial charge in [-0.15, -0.1) is 0 Å². The van der Waals surface area contributed by atoms with Crippen LogP contribution in [0.2, 0.25) is 0 Å². The lowest BCUT2D eigenvalue weighted by Crippen LogP contribution is -2.31. The van der Waals surface area contributed by atoms with Crippen molar-refractivity contribution in [3.05, 3.63) is 213 Å². The lowest BCUT2D eigenvalue weighted by Gasteiger charge is -2.20. The lowest BCUT2D eigenvalue weighted by molar-refractivity contribution is -0.661. The number of nitrogens with zero attached hydrogens (tertiary/aromatic N) is 4. The normalized spacial score (nSPS) is 12.3. The topological polar surface area (TPSA) is 15.5 Å². The number of aromatic nitrogens is 4. The molecule has 4 nitrogen and oxygen atoms in total. The molecule has 0 fully saturated rings. The molecule has 2 unspecified atom stereocenters. The van der Waals surface area contributed by atoms with Gasteiger partial charge in [-0.1, -0.05) is 173 Å². The van der Waals surface area contributed by atoms with Crippen molar-refractivity contribution in [3.63, 3.8) is 0 Å². The van der Waals surface area contributed by atoms with Crippen LogP contribution in [-0.4, -0.2) is 0 Å². The van der Waals surface area contributed by atoms with Gasteiger partial charge in [-0.05, 0) is 180 Å². The number of rotatable bonds is 13. The molecule has 0 aliphatic carbocycles. The van der Waals surface area contributed by atoms with Gasteiger partial charge in [0.2, 0.25) is 22.8 Å². The predicted molar refractivity (Wildman–Crippen MR) is 362 cm³/mol. The molecule has 8 rings (SSSR count). The zero-order chi connectivity index (χ0) is 62.7. The average Bonchev–Trinajstić information content (AvgIpc) is 3.58. The molecule has 0 aliphatic rings. The van der Waals surface area contributed by atoms with Crippen LogP contribution in [0.3, 0.4) is 0 Å². The van der Waals surface area contributed by atoms with Crippen molar-refractivity contribution in [1.82, 2.24) is 0 Å². The minimum atomic E-state index is 0.201. The Morgan fingerprint density at radius 1 is 0.321 bits per heavy atom. The van der Waals surface area contributed by atoms with E-state index in [1.807, 2.05) is 0 Å². The molecule has 4 heterocycles. The third-order valence-electron chi connectivity index (χ3n) is 17.6. The molecule has 0 radical (unpaired) electrons. The summed E-state index contributed by atoms with van der Waals surface area (Å²) in [5.74, 6) is 4.76. The molecule has 8 aromatic rings. The van der Waals surface area contributed by atoms with Gasteiger partial charge >= 0.3 is 0 Å². The molecule has 84 heavy (non-hydrogen) atoms. The summed E-state index contributed by atoms with van der Waals surface area (Å²) in [4.78, 5) is 0. The molecule has 4 aromatic carbocycles. The van der Waals surface area contributed by atoms with Gasteiger partial charge in [0.25, 0.3) is 0 Å². The first-order chi connectivity index (χ1) is 39.3. The Bertz CT molecular complexity index is 3390. The number of benzene rings is 4. The number of aryl methyl sites for hydroxylation is 8. The van der Waals surface area contributed by atoms with Gasteiger partial charge in [0.05, 0.1) is 0 Å². The van der Waals surface area contributed by atoms with E-state index in [9.17, 15) is 0 Å². The third-order valence-corrected chi connectivity index (χ3v) is 17.6. The number of pyridine rings is 4. The summed E-state index contributed by atoms with van der Waals surface area (Å²) in [7, 11) is 8.56. The highest BCUT2D eigenvalue weighted by Gasteiger charge is 2.22. The second-order valence-corrected chi connectivity index (χ2v) is 27.5. The van der Waals surface area contributed by atoms with Gasteiger partial charge in [0, 0.05) is 68.8 Å². The summed E-state index contributed by atoms with van der Waals surface area (Å²) in [6, 6.07) is 45.5. The SMILES string of the molecule is CCC(C)c1ccc(-c2ccc(C(C)C)c[n+]2C)c(C)c1.Cc1cc(C(C)(C)C)ccc1-c1ccc(C(C)C)c[n+]1C.Cc1cc(C(C)C(C)C)ccc1-c1ccc(C(C)C)c[n+]1C.Cc1cc(C(C)C)ccc1-c1ccc(C(C)C)c[n+]1C. The maximum Gasteiger partial charge on any atom is 0.212 e. The first kappa shape index (κ1) is 68.3. The van der Waals surface area contributed by atoms with Crippen LogP contribution in [0.25, 0.3) is 45.0 Å². The van der Waals surface area contributed by atoms with Crippen LogP contribution < -0.4 is 18.3 Å². The summed E-state index contributed by atoms with van der Waals surface area (Å²) in [6.07, 6.45) is 10.2. The molecule has 448 valence electrons. The fourth-order valence-corrected chi connectivity index (χ4v) is 10.9. The molecule has 2 atom stereocenters. The molecular weight excluding hydrogens is 1020 g/mol. The van der Waals surface area contributed by atoms with Crippen molar-refractivity contribution in [3.8, 4) is 45.0 Å². The second kappa shape index (κ2) is 30.0. The van der Waals surface area contributed by atoms with Crippen molar-refractivity contribution in [2.45, 2.75) is 206 Å². The predicted octanol–water partition coefficient (Wildman–Crippen LogP) is 20.1.